The van der Waals surface area contributed by atoms with Crippen molar-refractivity contribution in [3.63, 3.8) is 0 Å². The van der Waals surface area contributed by atoms with E-state index in [1.54, 1.807) is 18.2 Å². The smallest absolute Gasteiger partial charge is 0.251 e. The predicted octanol–water partition coefficient (Wildman–Crippen LogP) is 1.34. The quantitative estimate of drug-likeness (QED) is 0.907. The van der Waals surface area contributed by atoms with Gasteiger partial charge in [0.15, 0.2) is 11.5 Å². The molecule has 1 aromatic carbocycles. The van der Waals surface area contributed by atoms with E-state index in [2.05, 4.69) is 5.32 Å². The van der Waals surface area contributed by atoms with Gasteiger partial charge in [0.05, 0.1) is 12.6 Å². The first-order valence-electron chi connectivity index (χ1n) is 7.18. The number of rotatable bonds is 4. The average Bonchev–Trinajstić information content (AvgIpc) is 2.97. The van der Waals surface area contributed by atoms with Gasteiger partial charge >= 0.3 is 0 Å². The molecular formula is C15H19NO5. The van der Waals surface area contributed by atoms with E-state index in [0.717, 1.165) is 6.42 Å². The van der Waals surface area contributed by atoms with Gasteiger partial charge < -0.3 is 24.3 Å². The summed E-state index contributed by atoms with van der Waals surface area (Å²) in [5.41, 5.74) is 0.556. The maximum atomic E-state index is 12.4. The molecule has 0 aliphatic carbocycles. The van der Waals surface area contributed by atoms with E-state index in [1.165, 1.54) is 0 Å². The van der Waals surface area contributed by atoms with E-state index in [-0.39, 0.29) is 24.8 Å². The van der Waals surface area contributed by atoms with Crippen LogP contribution < -0.4 is 14.8 Å². The topological polar surface area (TPSA) is 66.0 Å². The van der Waals surface area contributed by atoms with Gasteiger partial charge in [0.2, 0.25) is 6.79 Å². The fraction of sp³-hybridized carbons (Fsp3) is 0.533. The van der Waals surface area contributed by atoms with Gasteiger partial charge in [-0.15, -0.1) is 0 Å². The molecule has 6 nitrogen and oxygen atoms in total. The van der Waals surface area contributed by atoms with Gasteiger partial charge in [-0.2, -0.15) is 0 Å². The van der Waals surface area contributed by atoms with E-state index in [1.807, 2.05) is 6.92 Å². The van der Waals surface area contributed by atoms with Crippen molar-refractivity contribution >= 4 is 5.91 Å². The molecule has 2 aliphatic rings. The van der Waals surface area contributed by atoms with Gasteiger partial charge in [-0.25, -0.2) is 0 Å². The Kier molecular flexibility index (Phi) is 4.26. The van der Waals surface area contributed by atoms with Crippen LogP contribution in [0.15, 0.2) is 18.2 Å². The number of carbonyl (C=O) groups is 1. The molecule has 0 unspecified atom stereocenters. The predicted molar refractivity (Wildman–Crippen MR) is 74.7 cm³/mol. The monoisotopic (exact) mass is 293 g/mol. The summed E-state index contributed by atoms with van der Waals surface area (Å²) in [6.07, 6.45) is 0.655. The van der Waals surface area contributed by atoms with Crippen molar-refractivity contribution in [3.05, 3.63) is 23.8 Å². The summed E-state index contributed by atoms with van der Waals surface area (Å²) >= 11 is 0. The largest absolute Gasteiger partial charge is 0.454 e. The Morgan fingerprint density at radius 2 is 2.24 bits per heavy atom. The van der Waals surface area contributed by atoms with Gasteiger partial charge in [-0.05, 0) is 31.5 Å². The molecule has 6 heteroatoms. The number of benzene rings is 1. The molecule has 1 aromatic rings. The lowest BCUT2D eigenvalue weighted by atomic mass is 10.1. The third-order valence-electron chi connectivity index (χ3n) is 3.64. The van der Waals surface area contributed by atoms with E-state index in [9.17, 15) is 4.79 Å². The second kappa shape index (κ2) is 6.32. The number of hydrogen-bond acceptors (Lipinski definition) is 5. The summed E-state index contributed by atoms with van der Waals surface area (Å²) in [4.78, 5) is 12.4. The van der Waals surface area contributed by atoms with Crippen molar-refractivity contribution in [1.29, 1.82) is 0 Å². The second-order valence-electron chi connectivity index (χ2n) is 5.01. The van der Waals surface area contributed by atoms with Crippen LogP contribution in [0, 0.1) is 0 Å². The number of fused-ring (bicyclic) bond motifs is 1. The molecule has 3 rings (SSSR count). The number of hydrogen-bond donors (Lipinski definition) is 1. The molecule has 2 atom stereocenters. The van der Waals surface area contributed by atoms with Gasteiger partial charge in [0.1, 0.15) is 6.10 Å². The summed E-state index contributed by atoms with van der Waals surface area (Å²) in [5, 5.41) is 3.02. The molecule has 1 fully saturated rings. The van der Waals surface area contributed by atoms with E-state index >= 15 is 0 Å². The lowest BCUT2D eigenvalue weighted by molar-refractivity contribution is -0.0632. The molecule has 1 N–H and O–H groups in total. The Morgan fingerprint density at radius 3 is 3.10 bits per heavy atom. The van der Waals surface area contributed by atoms with Gasteiger partial charge in [0, 0.05) is 18.8 Å². The number of nitrogens with one attached hydrogen (secondary N) is 1. The minimum absolute atomic E-state index is 0.0309. The lowest BCUT2D eigenvalue weighted by Crippen LogP contribution is -2.50. The molecular weight excluding hydrogens is 274 g/mol. The summed E-state index contributed by atoms with van der Waals surface area (Å²) in [5.74, 6) is 1.14. The first-order valence-corrected chi connectivity index (χ1v) is 7.18. The summed E-state index contributed by atoms with van der Waals surface area (Å²) in [6.45, 7) is 3.89. The highest BCUT2D eigenvalue weighted by Crippen LogP contribution is 2.32. The lowest BCUT2D eigenvalue weighted by Gasteiger charge is -2.31. The SMILES string of the molecule is CCO[C@H]1COCC[C@@H]1NC(=O)c1ccc2c(c1)OCO2. The van der Waals surface area contributed by atoms with Crippen LogP contribution in [0.25, 0.3) is 0 Å². The first kappa shape index (κ1) is 14.2. The first-order chi connectivity index (χ1) is 10.3. The highest BCUT2D eigenvalue weighted by Gasteiger charge is 2.28. The minimum Gasteiger partial charge on any atom is -0.454 e. The molecule has 1 saturated heterocycles. The Bertz CT molecular complexity index is 517. The normalized spacial score (nSPS) is 23.9. The summed E-state index contributed by atoms with van der Waals surface area (Å²) in [6, 6.07) is 5.16. The molecule has 0 saturated carbocycles. The van der Waals surface area contributed by atoms with Crippen molar-refractivity contribution < 1.29 is 23.7 Å². The van der Waals surface area contributed by atoms with Gasteiger partial charge in [-0.1, -0.05) is 0 Å². The van der Waals surface area contributed by atoms with Crippen molar-refractivity contribution in [2.75, 3.05) is 26.6 Å². The molecule has 2 heterocycles. The zero-order valence-electron chi connectivity index (χ0n) is 12.0. The Morgan fingerprint density at radius 1 is 1.38 bits per heavy atom. The van der Waals surface area contributed by atoms with Crippen LogP contribution in [0.3, 0.4) is 0 Å². The zero-order valence-corrected chi connectivity index (χ0v) is 12.0. The maximum absolute atomic E-state index is 12.4. The zero-order chi connectivity index (χ0) is 14.7. The molecule has 1 amide bonds. The van der Waals surface area contributed by atoms with Gasteiger partial charge in [0.25, 0.3) is 5.91 Å². The summed E-state index contributed by atoms with van der Waals surface area (Å²) in [7, 11) is 0. The highest BCUT2D eigenvalue weighted by molar-refractivity contribution is 5.95. The maximum Gasteiger partial charge on any atom is 0.251 e. The van der Waals surface area contributed by atoms with Crippen molar-refractivity contribution in [2.45, 2.75) is 25.5 Å². The fourth-order valence-electron chi connectivity index (χ4n) is 2.54. The third kappa shape index (κ3) is 3.11. The van der Waals surface area contributed by atoms with Crippen LogP contribution >= 0.6 is 0 Å². The van der Waals surface area contributed by atoms with E-state index in [0.29, 0.717) is 36.9 Å². The minimum atomic E-state index is -0.134. The Labute approximate surface area is 123 Å². The van der Waals surface area contributed by atoms with Crippen molar-refractivity contribution in [2.24, 2.45) is 0 Å². The van der Waals surface area contributed by atoms with E-state index in [4.69, 9.17) is 18.9 Å². The third-order valence-corrected chi connectivity index (χ3v) is 3.64. The van der Waals surface area contributed by atoms with Gasteiger partial charge in [-0.3, -0.25) is 4.79 Å². The van der Waals surface area contributed by atoms with Crippen LogP contribution in [0.4, 0.5) is 0 Å². The standard InChI is InChI=1S/C15H19NO5/c1-2-19-14-8-18-6-5-11(14)16-15(17)10-3-4-12-13(7-10)21-9-20-12/h3-4,7,11,14H,2,5-6,8-9H2,1H3,(H,16,17)/t11-,14-/m0/s1. The molecule has 0 aromatic heterocycles. The second-order valence-corrected chi connectivity index (χ2v) is 5.01. The average molecular weight is 293 g/mol. The van der Waals surface area contributed by atoms with Crippen LogP contribution in [-0.2, 0) is 9.47 Å². The van der Waals surface area contributed by atoms with Crippen LogP contribution in [0.2, 0.25) is 0 Å². The molecule has 2 aliphatic heterocycles. The number of carbonyl (C=O) groups excluding carboxylic acids is 1. The number of amides is 1. The van der Waals surface area contributed by atoms with Crippen LogP contribution in [0.5, 0.6) is 11.5 Å². The highest BCUT2D eigenvalue weighted by atomic mass is 16.7. The van der Waals surface area contributed by atoms with Crippen LogP contribution in [-0.4, -0.2) is 44.7 Å². The Hall–Kier alpha value is -1.79. The Balaban J connectivity index is 1.67. The van der Waals surface area contributed by atoms with E-state index < -0.39 is 0 Å². The number of ether oxygens (including phenoxy) is 4. The molecule has 0 spiro atoms. The van der Waals surface area contributed by atoms with Crippen molar-refractivity contribution in [3.8, 4) is 11.5 Å². The summed E-state index contributed by atoms with van der Waals surface area (Å²) < 4.78 is 21.6. The molecule has 0 radical (unpaired) electrons. The molecule has 114 valence electrons. The molecule has 0 bridgehead atoms. The van der Waals surface area contributed by atoms with Crippen LogP contribution in [0.1, 0.15) is 23.7 Å². The molecule has 21 heavy (non-hydrogen) atoms. The van der Waals surface area contributed by atoms with Crippen molar-refractivity contribution in [1.82, 2.24) is 5.32 Å². The fourth-order valence-corrected chi connectivity index (χ4v) is 2.54.